The molecule has 5 bridgehead atoms. The van der Waals surface area contributed by atoms with Gasteiger partial charge in [0.1, 0.15) is 0 Å². The summed E-state index contributed by atoms with van der Waals surface area (Å²) in [5, 5.41) is 24.4. The number of ketones is 1. The summed E-state index contributed by atoms with van der Waals surface area (Å²) < 4.78 is 0. The summed E-state index contributed by atoms with van der Waals surface area (Å²) in [4.78, 5) is 19.1. The average molecular weight is 680 g/mol. The number of guanidine groups is 1. The summed E-state index contributed by atoms with van der Waals surface area (Å²) in [5.41, 5.74) is 11.8. The Hall–Kier alpha value is -1.48. The van der Waals surface area contributed by atoms with E-state index >= 15 is 0 Å². The van der Waals surface area contributed by atoms with E-state index in [2.05, 4.69) is 50.4 Å². The normalized spacial score (nSPS) is 40.1. The molecule has 4 aliphatic carbocycles. The van der Waals surface area contributed by atoms with Crippen molar-refractivity contribution in [2.75, 3.05) is 31.3 Å². The van der Waals surface area contributed by atoms with Crippen LogP contribution in [-0.4, -0.2) is 58.8 Å². The maximum absolute atomic E-state index is 14.3. The zero-order chi connectivity index (χ0) is 33.0. The van der Waals surface area contributed by atoms with Gasteiger partial charge >= 0.3 is 0 Å². The van der Waals surface area contributed by atoms with E-state index in [9.17, 15) is 15.0 Å². The molecule has 47 heavy (non-hydrogen) atoms. The van der Waals surface area contributed by atoms with E-state index in [1.807, 2.05) is 21.6 Å². The number of benzene rings is 1. The van der Waals surface area contributed by atoms with E-state index in [0.717, 1.165) is 87.8 Å². The summed E-state index contributed by atoms with van der Waals surface area (Å²) in [5.74, 6) is 5.81. The fraction of sp³-hybridized carbons (Fsp3) is 0.744. The Balaban J connectivity index is 1.25. The third-order valence-corrected chi connectivity index (χ3v) is 16.6. The van der Waals surface area contributed by atoms with Crippen LogP contribution in [0.1, 0.15) is 102 Å². The lowest BCUT2D eigenvalue weighted by molar-refractivity contribution is -0.125. The number of aliphatic hydroxyl groups is 2. The number of hydrogen-bond donors (Lipinski definition) is 4. The first-order valence-corrected chi connectivity index (χ1v) is 21.0. The quantitative estimate of drug-likeness (QED) is 0.232. The molecule has 2 heterocycles. The Kier molecular flexibility index (Phi) is 9.64. The summed E-state index contributed by atoms with van der Waals surface area (Å²) in [6, 6.07) is 9.35. The Bertz CT molecular complexity index is 1410. The van der Waals surface area contributed by atoms with Crippen molar-refractivity contribution in [3.05, 3.63) is 46.5 Å². The average Bonchev–Trinajstić information content (AvgIpc) is 3.38. The Labute approximate surface area is 290 Å². The monoisotopic (exact) mass is 679 g/mol. The van der Waals surface area contributed by atoms with Crippen molar-refractivity contribution in [1.29, 1.82) is 0 Å². The van der Waals surface area contributed by atoms with E-state index in [-0.39, 0.29) is 41.4 Å². The number of nitrogens with zero attached hydrogens (tertiary/aromatic N) is 1. The molecule has 0 amide bonds. The maximum atomic E-state index is 14.3. The molecule has 8 heteroatoms. The zero-order valence-corrected chi connectivity index (χ0v) is 30.4. The van der Waals surface area contributed by atoms with E-state index < -0.39 is 0 Å². The van der Waals surface area contributed by atoms with Crippen LogP contribution < -0.4 is 11.1 Å². The Morgan fingerprint density at radius 3 is 2.79 bits per heavy atom. The number of allylic oxidation sites excluding steroid dienone is 2. The van der Waals surface area contributed by atoms with Crippen molar-refractivity contribution >= 4 is 33.3 Å². The number of nitrogens with two attached hydrogens (primary N) is 1. The minimum Gasteiger partial charge on any atom is -0.396 e. The standard InChI is InChI=1S/C39H57N3O3S2/c1-24(2)16-25-6-4-7-26(17-25)30-11-9-28-10-12-31-33-19-29-18-27(22-44)32(8-5-14-43)38(33,20-35(31)45)37(29,3)13-15-46-47-23-39(28)34(30)21-41-36(40)42-39/h4,6-7,17,24,27-30,32,34,43-44H,5,8-16,18-23H2,1-3H3,(H3,40,41,42)/t27-,28-,29-,30-,32-,34-,37+,38+,39+/m1/s1. The zero-order valence-electron chi connectivity index (χ0n) is 28.8. The van der Waals surface area contributed by atoms with Crippen LogP contribution in [0.15, 0.2) is 40.4 Å². The minimum absolute atomic E-state index is 0.0486. The smallest absolute Gasteiger partial charge is 0.189 e. The number of rotatable bonds is 7. The second-order valence-corrected chi connectivity index (χ2v) is 19.2. The number of nitrogens with one attached hydrogen (secondary N) is 1. The van der Waals surface area contributed by atoms with Crippen LogP contribution in [0.4, 0.5) is 0 Å². The van der Waals surface area contributed by atoms with Gasteiger partial charge in [0, 0.05) is 49.0 Å². The summed E-state index contributed by atoms with van der Waals surface area (Å²) in [7, 11) is 4.05. The van der Waals surface area contributed by atoms with Crippen molar-refractivity contribution in [3.8, 4) is 0 Å². The highest BCUT2D eigenvalue weighted by Gasteiger charge is 2.69. The number of carbonyl (C=O) groups excluding carboxylic acids is 1. The molecule has 3 saturated carbocycles. The topological polar surface area (TPSA) is 108 Å². The molecular weight excluding hydrogens is 623 g/mol. The Morgan fingerprint density at radius 2 is 2.00 bits per heavy atom. The largest absolute Gasteiger partial charge is 0.396 e. The van der Waals surface area contributed by atoms with Crippen molar-refractivity contribution in [2.45, 2.75) is 103 Å². The highest BCUT2D eigenvalue weighted by molar-refractivity contribution is 8.76. The number of aliphatic imine (C=N–C) groups is 1. The van der Waals surface area contributed by atoms with Gasteiger partial charge < -0.3 is 21.3 Å². The molecule has 2 spiro atoms. The molecule has 1 aromatic carbocycles. The highest BCUT2D eigenvalue weighted by Crippen LogP contribution is 2.75. The predicted octanol–water partition coefficient (Wildman–Crippen LogP) is 6.90. The molecule has 0 saturated heterocycles. The SMILES string of the molecule is CC(C)Cc1cccc([C@H]2CC[C@@H]3CCC4=C5C[C@H]6C[C@H](CO)[C@@H](CCCO)[C@]5(CC4=O)[C@@]6(C)CCSSC[C@]34NC(N)=NC[C@H]24)c1. The van der Waals surface area contributed by atoms with E-state index in [4.69, 9.17) is 10.7 Å². The molecule has 6 aliphatic rings. The number of hydrogen-bond acceptors (Lipinski definition) is 8. The third kappa shape index (κ3) is 5.54. The first kappa shape index (κ1) is 34.0. The number of Topliss-reactive ketones (excluding diaryl/α,β-unsaturated/α-hetero) is 1. The second-order valence-electron chi connectivity index (χ2n) is 16.6. The van der Waals surface area contributed by atoms with Crippen LogP contribution >= 0.6 is 21.6 Å². The van der Waals surface area contributed by atoms with Crippen LogP contribution in [0.3, 0.4) is 0 Å². The summed E-state index contributed by atoms with van der Waals surface area (Å²) >= 11 is 0. The lowest BCUT2D eigenvalue weighted by Crippen LogP contribution is -2.68. The summed E-state index contributed by atoms with van der Waals surface area (Å²) in [6.45, 7) is 8.20. The first-order chi connectivity index (χ1) is 22.7. The fourth-order valence-electron chi connectivity index (χ4n) is 12.1. The molecule has 0 aromatic heterocycles. The van der Waals surface area contributed by atoms with Gasteiger partial charge in [-0.15, -0.1) is 0 Å². The fourth-order valence-corrected chi connectivity index (χ4v) is 14.9. The van der Waals surface area contributed by atoms with Gasteiger partial charge in [0.25, 0.3) is 0 Å². The first-order valence-electron chi connectivity index (χ1n) is 18.6. The minimum atomic E-state index is -0.163. The molecule has 9 atom stereocenters. The Morgan fingerprint density at radius 1 is 1.15 bits per heavy atom. The molecule has 258 valence electrons. The van der Waals surface area contributed by atoms with Crippen molar-refractivity contribution < 1.29 is 15.0 Å². The van der Waals surface area contributed by atoms with Crippen molar-refractivity contribution in [1.82, 2.24) is 5.32 Å². The maximum Gasteiger partial charge on any atom is 0.189 e. The van der Waals surface area contributed by atoms with Crippen molar-refractivity contribution in [2.24, 2.45) is 57.1 Å². The van der Waals surface area contributed by atoms with Gasteiger partial charge in [0.2, 0.25) is 0 Å². The van der Waals surface area contributed by atoms with E-state index in [1.165, 1.54) is 16.7 Å². The lowest BCUT2D eigenvalue weighted by Gasteiger charge is -2.57. The van der Waals surface area contributed by atoms with Crippen LogP contribution in [0, 0.1) is 46.3 Å². The van der Waals surface area contributed by atoms with Crippen LogP contribution in [0.2, 0.25) is 0 Å². The molecule has 2 aliphatic heterocycles. The predicted molar refractivity (Wildman–Crippen MR) is 195 cm³/mol. The van der Waals surface area contributed by atoms with Gasteiger partial charge in [-0.3, -0.25) is 9.79 Å². The molecule has 1 aromatic rings. The van der Waals surface area contributed by atoms with Gasteiger partial charge in [0.15, 0.2) is 11.7 Å². The van der Waals surface area contributed by atoms with Crippen LogP contribution in [0.25, 0.3) is 0 Å². The van der Waals surface area contributed by atoms with E-state index in [0.29, 0.717) is 47.8 Å². The lowest BCUT2D eigenvalue weighted by atomic mass is 9.47. The summed E-state index contributed by atoms with van der Waals surface area (Å²) in [6.07, 6.45) is 10.6. The number of carbonyl (C=O) groups is 1. The van der Waals surface area contributed by atoms with Gasteiger partial charge in [-0.1, -0.05) is 72.2 Å². The molecular formula is C39H57N3O3S2. The molecule has 3 fully saturated rings. The molecule has 6 nitrogen and oxygen atoms in total. The van der Waals surface area contributed by atoms with Crippen LogP contribution in [0.5, 0.6) is 0 Å². The van der Waals surface area contributed by atoms with Crippen LogP contribution in [-0.2, 0) is 11.2 Å². The third-order valence-electron chi connectivity index (χ3n) is 14.1. The molecule has 5 N–H and O–H groups in total. The number of aliphatic hydroxyl groups excluding tert-OH is 2. The van der Waals surface area contributed by atoms with Gasteiger partial charge in [-0.25, -0.2) is 0 Å². The van der Waals surface area contributed by atoms with Gasteiger partial charge in [0.05, 0.1) is 5.54 Å². The molecule has 0 radical (unpaired) electrons. The highest BCUT2D eigenvalue weighted by atomic mass is 33.1. The van der Waals surface area contributed by atoms with Crippen molar-refractivity contribution in [3.63, 3.8) is 0 Å². The molecule has 7 rings (SSSR count). The van der Waals surface area contributed by atoms with Gasteiger partial charge in [-0.05, 0) is 122 Å². The second kappa shape index (κ2) is 13.3. The van der Waals surface area contributed by atoms with E-state index in [1.54, 1.807) is 0 Å². The van der Waals surface area contributed by atoms with Gasteiger partial charge in [-0.2, -0.15) is 0 Å². The molecule has 0 unspecified atom stereocenters.